The second kappa shape index (κ2) is 5.95. The maximum atomic E-state index is 6.08. The van der Waals surface area contributed by atoms with Crippen LogP contribution in [-0.4, -0.2) is 6.54 Å². The van der Waals surface area contributed by atoms with Crippen molar-refractivity contribution in [2.45, 2.75) is 9.77 Å². The fourth-order valence-corrected chi connectivity index (χ4v) is 4.35. The number of hydrogen-bond donors (Lipinski definition) is 0. The first-order valence-corrected chi connectivity index (χ1v) is 8.80. The number of anilines is 1. The van der Waals surface area contributed by atoms with Gasteiger partial charge < -0.3 is 4.90 Å². The van der Waals surface area contributed by atoms with Gasteiger partial charge in [-0.05, 0) is 42.0 Å². The molecule has 1 fully saturated rings. The van der Waals surface area contributed by atoms with Gasteiger partial charge in [-0.1, -0.05) is 71.9 Å². The molecule has 0 aromatic heterocycles. The highest BCUT2D eigenvalue weighted by Crippen LogP contribution is 2.56. The van der Waals surface area contributed by atoms with Crippen molar-refractivity contribution in [1.29, 1.82) is 0 Å². The summed E-state index contributed by atoms with van der Waals surface area (Å²) in [5.41, 5.74) is 2.55. The lowest BCUT2D eigenvalue weighted by molar-refractivity contribution is 1.03. The van der Waals surface area contributed by atoms with Gasteiger partial charge >= 0.3 is 0 Å². The third kappa shape index (κ3) is 2.85. The molecule has 1 heterocycles. The monoisotopic (exact) mass is 337 g/mol. The molecule has 1 atom stereocenters. The summed E-state index contributed by atoms with van der Waals surface area (Å²) in [6, 6.07) is 29.4. The Labute approximate surface area is 145 Å². The van der Waals surface area contributed by atoms with E-state index in [1.54, 1.807) is 0 Å². The van der Waals surface area contributed by atoms with Crippen molar-refractivity contribution < 1.29 is 0 Å². The quantitative estimate of drug-likeness (QED) is 0.553. The molecule has 0 radical (unpaired) electrons. The molecule has 1 aliphatic rings. The topological polar surface area (TPSA) is 3.01 Å². The van der Waals surface area contributed by atoms with E-state index in [0.29, 0.717) is 0 Å². The Morgan fingerprint density at radius 3 is 2.04 bits per heavy atom. The Morgan fingerprint density at radius 1 is 0.783 bits per heavy atom. The summed E-state index contributed by atoms with van der Waals surface area (Å²) >= 11 is 7.98. The van der Waals surface area contributed by atoms with Crippen LogP contribution in [0.1, 0.15) is 5.56 Å². The minimum atomic E-state index is -0.0483. The molecule has 23 heavy (non-hydrogen) atoms. The molecule has 3 aromatic carbocycles. The molecule has 0 spiro atoms. The number of benzene rings is 3. The molecule has 114 valence electrons. The van der Waals surface area contributed by atoms with Crippen LogP contribution < -0.4 is 4.90 Å². The summed E-state index contributed by atoms with van der Waals surface area (Å²) in [6.07, 6.45) is 0. The Hall–Kier alpha value is -1.90. The zero-order chi connectivity index (χ0) is 15.7. The molecule has 1 nitrogen and oxygen atoms in total. The van der Waals surface area contributed by atoms with Gasteiger partial charge in [-0.25, -0.2) is 0 Å². The molecule has 3 heteroatoms. The summed E-state index contributed by atoms with van der Waals surface area (Å²) in [5, 5.41) is 0.778. The Morgan fingerprint density at radius 2 is 1.39 bits per heavy atom. The van der Waals surface area contributed by atoms with E-state index in [0.717, 1.165) is 11.6 Å². The van der Waals surface area contributed by atoms with E-state index < -0.39 is 0 Å². The molecule has 1 saturated heterocycles. The van der Waals surface area contributed by atoms with E-state index in [-0.39, 0.29) is 4.87 Å². The van der Waals surface area contributed by atoms with Crippen molar-refractivity contribution in [3.05, 3.63) is 95.5 Å². The van der Waals surface area contributed by atoms with Crippen LogP contribution in [0, 0.1) is 0 Å². The number of para-hydroxylation sites is 1. The fraction of sp³-hybridized carbons (Fsp3) is 0.100. The smallest absolute Gasteiger partial charge is 0.134 e. The molecule has 0 aliphatic carbocycles. The summed E-state index contributed by atoms with van der Waals surface area (Å²) in [6.45, 7) is 0.998. The van der Waals surface area contributed by atoms with Crippen LogP contribution in [0.15, 0.2) is 89.8 Å². The molecule has 0 saturated carbocycles. The summed E-state index contributed by atoms with van der Waals surface area (Å²) in [7, 11) is 0. The maximum Gasteiger partial charge on any atom is 0.134 e. The van der Waals surface area contributed by atoms with Crippen LogP contribution >= 0.6 is 23.4 Å². The maximum absolute atomic E-state index is 6.08. The fourth-order valence-electron chi connectivity index (χ4n) is 2.87. The molecule has 0 bridgehead atoms. The van der Waals surface area contributed by atoms with Gasteiger partial charge in [0.15, 0.2) is 0 Å². The van der Waals surface area contributed by atoms with Crippen molar-refractivity contribution >= 4 is 29.1 Å². The van der Waals surface area contributed by atoms with E-state index >= 15 is 0 Å². The van der Waals surface area contributed by atoms with Gasteiger partial charge in [0.05, 0.1) is 6.54 Å². The first kappa shape index (κ1) is 14.7. The molecular weight excluding hydrogens is 322 g/mol. The minimum absolute atomic E-state index is 0.0483. The molecular formula is C20H16ClNS. The van der Waals surface area contributed by atoms with E-state index in [2.05, 4.69) is 77.7 Å². The number of rotatable bonds is 4. The Kier molecular flexibility index (Phi) is 3.80. The van der Waals surface area contributed by atoms with Gasteiger partial charge in [-0.3, -0.25) is 0 Å². The average molecular weight is 338 g/mol. The van der Waals surface area contributed by atoms with Gasteiger partial charge in [0, 0.05) is 15.6 Å². The van der Waals surface area contributed by atoms with Crippen molar-refractivity contribution in [3.8, 4) is 0 Å². The van der Waals surface area contributed by atoms with Gasteiger partial charge in [-0.2, -0.15) is 0 Å². The first-order valence-electron chi connectivity index (χ1n) is 7.61. The number of thioether (sulfide) groups is 1. The number of halogens is 1. The lowest BCUT2D eigenvalue weighted by Crippen LogP contribution is -2.11. The highest BCUT2D eigenvalue weighted by molar-refractivity contribution is 8.00. The molecule has 0 amide bonds. The highest BCUT2D eigenvalue weighted by Gasteiger charge is 2.54. The first-order chi connectivity index (χ1) is 11.3. The third-order valence-electron chi connectivity index (χ3n) is 4.10. The normalized spacial score (nSPS) is 19.6. The van der Waals surface area contributed by atoms with Crippen LogP contribution in [0.3, 0.4) is 0 Å². The number of nitrogens with zero attached hydrogens (tertiary/aromatic N) is 1. The zero-order valence-electron chi connectivity index (χ0n) is 12.5. The summed E-state index contributed by atoms with van der Waals surface area (Å²) in [4.78, 5) is 3.67. The SMILES string of the molecule is Clc1ccc([C@@]2(Sc3ccccc3)CN2c2ccccc2)cc1. The zero-order valence-corrected chi connectivity index (χ0v) is 14.1. The van der Waals surface area contributed by atoms with Crippen LogP contribution in [0.25, 0.3) is 0 Å². The van der Waals surface area contributed by atoms with Crippen molar-refractivity contribution in [2.75, 3.05) is 11.4 Å². The minimum Gasteiger partial charge on any atom is -0.348 e. The third-order valence-corrected chi connectivity index (χ3v) is 5.78. The average Bonchev–Trinajstić information content (AvgIpc) is 3.32. The van der Waals surface area contributed by atoms with E-state index in [4.69, 9.17) is 11.6 Å². The van der Waals surface area contributed by atoms with Crippen molar-refractivity contribution in [1.82, 2.24) is 0 Å². The van der Waals surface area contributed by atoms with E-state index in [9.17, 15) is 0 Å². The van der Waals surface area contributed by atoms with Crippen LogP contribution in [-0.2, 0) is 4.87 Å². The predicted molar refractivity (Wildman–Crippen MR) is 99.2 cm³/mol. The van der Waals surface area contributed by atoms with Crippen LogP contribution in [0.4, 0.5) is 5.69 Å². The second-order valence-corrected chi connectivity index (χ2v) is 7.42. The van der Waals surface area contributed by atoms with Crippen molar-refractivity contribution in [2.24, 2.45) is 0 Å². The number of hydrogen-bond acceptors (Lipinski definition) is 2. The van der Waals surface area contributed by atoms with Gasteiger partial charge in [0.1, 0.15) is 4.87 Å². The summed E-state index contributed by atoms with van der Waals surface area (Å²) in [5.74, 6) is 0. The largest absolute Gasteiger partial charge is 0.348 e. The van der Waals surface area contributed by atoms with Crippen molar-refractivity contribution in [3.63, 3.8) is 0 Å². The van der Waals surface area contributed by atoms with E-state index in [1.807, 2.05) is 23.9 Å². The molecule has 1 aliphatic heterocycles. The molecule has 4 rings (SSSR count). The van der Waals surface area contributed by atoms with Crippen LogP contribution in [0.5, 0.6) is 0 Å². The summed E-state index contributed by atoms with van der Waals surface area (Å²) < 4.78 is 0. The van der Waals surface area contributed by atoms with Crippen LogP contribution in [0.2, 0.25) is 5.02 Å². The van der Waals surface area contributed by atoms with Gasteiger partial charge in [0.2, 0.25) is 0 Å². The Balaban J connectivity index is 1.72. The highest BCUT2D eigenvalue weighted by atomic mass is 35.5. The lowest BCUT2D eigenvalue weighted by Gasteiger charge is -2.19. The lowest BCUT2D eigenvalue weighted by atomic mass is 10.1. The second-order valence-electron chi connectivity index (χ2n) is 5.63. The van der Waals surface area contributed by atoms with Gasteiger partial charge in [0.25, 0.3) is 0 Å². The van der Waals surface area contributed by atoms with E-state index in [1.165, 1.54) is 16.1 Å². The standard InChI is InChI=1S/C20H16ClNS/c21-17-13-11-16(12-14-17)20(23-19-9-5-2-6-10-19)15-22(20)18-7-3-1-4-8-18/h1-14H,15H2/t20-,22?/m0/s1. The molecule has 0 N–H and O–H groups in total. The predicted octanol–water partition coefficient (Wildman–Crippen LogP) is 5.81. The molecule has 3 aromatic rings. The van der Waals surface area contributed by atoms with Gasteiger partial charge in [-0.15, -0.1) is 0 Å². The molecule has 0 unspecified atom stereocenters. The Bertz CT molecular complexity index is 789.